The summed E-state index contributed by atoms with van der Waals surface area (Å²) in [6.45, 7) is 41.8. The molecule has 4 rings (SSSR count). The number of likely N-dealkylation sites (tertiary alicyclic amines) is 2. The zero-order chi connectivity index (χ0) is 101. The second-order valence-corrected chi connectivity index (χ2v) is 39.9. The highest BCUT2D eigenvalue weighted by Gasteiger charge is 2.47. The van der Waals surface area contributed by atoms with Gasteiger partial charge in [0.1, 0.15) is 29.3 Å². The Hall–Kier alpha value is -8.40. The second-order valence-electron chi connectivity index (χ2n) is 39.9. The maximum atomic E-state index is 14.7. The van der Waals surface area contributed by atoms with Crippen LogP contribution in [0.4, 0.5) is 9.59 Å². The van der Waals surface area contributed by atoms with Gasteiger partial charge < -0.3 is 88.8 Å². The Morgan fingerprint density at radius 1 is 0.466 bits per heavy atom. The van der Waals surface area contributed by atoms with E-state index in [2.05, 4.69) is 22.5 Å². The number of carboxylic acid groups (broad SMARTS) is 1. The van der Waals surface area contributed by atoms with E-state index in [1.807, 2.05) is 197 Å². The molecule has 2 aliphatic rings. The molecule has 32 nitrogen and oxygen atoms in total. The fraction of sp³-hybridized carbons (Fsp3) is 0.762. The highest BCUT2D eigenvalue weighted by molar-refractivity contribution is 5.91. The third kappa shape index (κ3) is 39.3. The summed E-state index contributed by atoms with van der Waals surface area (Å²) in [4.78, 5) is 172. The van der Waals surface area contributed by atoms with Gasteiger partial charge in [-0.05, 0) is 167 Å². The van der Waals surface area contributed by atoms with Gasteiger partial charge in [-0.2, -0.15) is 0 Å². The molecule has 0 saturated carbocycles. The number of ether oxygens (including phenoxy) is 8. The first-order valence-corrected chi connectivity index (χ1v) is 48.1. The average Bonchev–Trinajstić information content (AvgIpc) is 1.70. The molecular formula is C101H175N11O21. The Morgan fingerprint density at radius 2 is 0.812 bits per heavy atom. The van der Waals surface area contributed by atoms with Gasteiger partial charge in [0.25, 0.3) is 0 Å². The Morgan fingerprint density at radius 3 is 1.11 bits per heavy atom. The quantitative estimate of drug-likeness (QED) is 0.0271. The van der Waals surface area contributed by atoms with E-state index >= 15 is 0 Å². The number of nitrogens with zero attached hydrogens (tertiary/aromatic N) is 8. The number of hydrogen-bond acceptors (Lipinski definition) is 23. The molecule has 2 aromatic carbocycles. The zero-order valence-electron chi connectivity index (χ0n) is 87.1. The van der Waals surface area contributed by atoms with Crippen LogP contribution >= 0.6 is 0 Å². The highest BCUT2D eigenvalue weighted by Crippen LogP contribution is 2.34. The van der Waals surface area contributed by atoms with Crippen molar-refractivity contribution in [2.24, 2.45) is 59.0 Å². The molecule has 760 valence electrons. The molecule has 2 fully saturated rings. The van der Waals surface area contributed by atoms with E-state index in [9.17, 15) is 62.6 Å². The minimum atomic E-state index is -0.903. The fourth-order valence-corrected chi connectivity index (χ4v) is 18.0. The molecule has 2 aliphatic heterocycles. The predicted molar refractivity (Wildman–Crippen MR) is 518 cm³/mol. The van der Waals surface area contributed by atoms with Gasteiger partial charge in [0.05, 0.1) is 99.6 Å². The molecule has 2 saturated heterocycles. The van der Waals surface area contributed by atoms with Crippen LogP contribution in [0.3, 0.4) is 0 Å². The first-order valence-electron chi connectivity index (χ1n) is 48.1. The topological polar surface area (TPSA) is 375 Å². The van der Waals surface area contributed by atoms with Gasteiger partial charge >= 0.3 is 30.1 Å². The van der Waals surface area contributed by atoms with Crippen LogP contribution in [0.2, 0.25) is 0 Å². The van der Waals surface area contributed by atoms with Crippen LogP contribution in [0.25, 0.3) is 0 Å². The number of nitrogens with one attached hydrogen (secondary N) is 2. The number of hydrogen-bond donors (Lipinski definition) is 4. The van der Waals surface area contributed by atoms with E-state index < -0.39 is 114 Å². The molecule has 5 N–H and O–H groups in total. The van der Waals surface area contributed by atoms with Crippen LogP contribution in [-0.2, 0) is 98.7 Å². The van der Waals surface area contributed by atoms with E-state index in [1.165, 1.54) is 28.4 Å². The molecule has 0 unspecified atom stereocenters. The van der Waals surface area contributed by atoms with Gasteiger partial charge in [-0.1, -0.05) is 170 Å². The molecule has 0 spiro atoms. The van der Waals surface area contributed by atoms with E-state index in [0.29, 0.717) is 52.1 Å². The largest absolute Gasteiger partial charge is 0.480 e. The number of rotatable bonds is 52. The number of Topliss-reactive ketones (excluding diaryl/α,β-unsaturated/α-hetero) is 1. The van der Waals surface area contributed by atoms with Gasteiger partial charge in [0.2, 0.25) is 35.4 Å². The van der Waals surface area contributed by atoms with Gasteiger partial charge in [0.15, 0.2) is 5.78 Å². The SMILES string of the molecule is CC(C)[C@@H](C(=O)O)N(C)CCCCN(C)C(=O)OC(C)(C)C.CC[C@H](C)[C@@H]([C@@H](CC(=O)N1CCC[C@H]1[C@H](OC)[C@@H](C)C(=O)N[C@@H](Cc1ccccc1)C(=O)OC)OC)N(C)C(=O)[C@@H](CC(=O)[C@H](C(C)C)N(C)CCCCN(C)C(=O)OC(C)(C)C)C(C)C.CC[C@H](C)[C@@H]([C@@H](CC(=O)N1CCC[C@H]1[C@H](OC)[C@@H](C)C(=O)N[C@@H](Cc1ccccc1)C(=O)OC)OC)N(C)C(=O)[C@@H](N)C(C)C. The predicted octanol–water partition coefficient (Wildman–Crippen LogP) is 12.1. The molecule has 8 amide bonds. The maximum absolute atomic E-state index is 14.7. The monoisotopic (exact) mass is 1880 g/mol. The van der Waals surface area contributed by atoms with Crippen molar-refractivity contribution in [2.45, 2.75) is 325 Å². The number of benzene rings is 2. The average molecular weight is 1880 g/mol. The molecule has 2 aromatic rings. The summed E-state index contributed by atoms with van der Waals surface area (Å²) in [6, 6.07) is 13.9. The van der Waals surface area contributed by atoms with Crippen molar-refractivity contribution in [3.63, 3.8) is 0 Å². The summed E-state index contributed by atoms with van der Waals surface area (Å²) >= 11 is 0. The lowest BCUT2D eigenvalue weighted by molar-refractivity contribution is -0.150. The molecule has 0 bridgehead atoms. The first-order chi connectivity index (χ1) is 62.2. The minimum absolute atomic E-state index is 0.00279. The molecule has 133 heavy (non-hydrogen) atoms. The number of carbonyl (C=O) groups excluding carboxylic acids is 11. The number of unbranched alkanes of at least 4 members (excludes halogenated alkanes) is 2. The van der Waals surface area contributed by atoms with E-state index in [-0.39, 0.29) is 133 Å². The summed E-state index contributed by atoms with van der Waals surface area (Å²) in [5, 5.41) is 14.9. The Labute approximate surface area is 797 Å². The third-order valence-electron chi connectivity index (χ3n) is 25.9. The van der Waals surface area contributed by atoms with Gasteiger partial charge in [-0.25, -0.2) is 19.2 Å². The van der Waals surface area contributed by atoms with Crippen LogP contribution in [0.15, 0.2) is 60.7 Å². The lowest BCUT2D eigenvalue weighted by Crippen LogP contribution is -2.56. The van der Waals surface area contributed by atoms with Crippen molar-refractivity contribution in [3.05, 3.63) is 71.8 Å². The number of carbonyl (C=O) groups is 12. The van der Waals surface area contributed by atoms with Crippen molar-refractivity contribution in [2.75, 3.05) is 124 Å². The molecular weight excluding hydrogens is 1700 g/mol. The van der Waals surface area contributed by atoms with Crippen LogP contribution in [0.5, 0.6) is 0 Å². The minimum Gasteiger partial charge on any atom is -0.480 e. The fourth-order valence-electron chi connectivity index (χ4n) is 18.0. The van der Waals surface area contributed by atoms with E-state index in [1.54, 1.807) is 85.7 Å². The van der Waals surface area contributed by atoms with E-state index in [0.717, 1.165) is 62.5 Å². The maximum Gasteiger partial charge on any atom is 0.410 e. The van der Waals surface area contributed by atoms with Crippen molar-refractivity contribution in [1.82, 2.24) is 49.8 Å². The molecule has 0 radical (unpaired) electrons. The number of esters is 2. The summed E-state index contributed by atoms with van der Waals surface area (Å²) in [6.07, 6.45) is 4.95. The lowest BCUT2D eigenvalue weighted by Gasteiger charge is -2.41. The van der Waals surface area contributed by atoms with Crippen molar-refractivity contribution >= 4 is 71.3 Å². The normalized spacial score (nSPS) is 17.7. The summed E-state index contributed by atoms with van der Waals surface area (Å²) in [5.41, 5.74) is 6.91. The van der Waals surface area contributed by atoms with Crippen molar-refractivity contribution in [1.29, 1.82) is 0 Å². The summed E-state index contributed by atoms with van der Waals surface area (Å²) in [7, 11) is 19.5. The van der Waals surface area contributed by atoms with Gasteiger partial charge in [-0.3, -0.25) is 48.2 Å². The second kappa shape index (κ2) is 59.6. The van der Waals surface area contributed by atoms with Gasteiger partial charge in [-0.15, -0.1) is 0 Å². The van der Waals surface area contributed by atoms with Crippen LogP contribution < -0.4 is 16.4 Å². The smallest absolute Gasteiger partial charge is 0.410 e. The standard InChI is InChI=1S/C51H87N5O10.C34H56N4O7.C16H32N2O4/c1-17-35(6)45(55(13)48(60)38(33(2)3)31-41(57)44(34(4)5)53(11)27-21-22-28-54(12)50(62)66-51(8,9)10)42(63-14)32-43(58)56-29-23-26-40(56)46(64-15)36(7)47(59)52-39(49(61)65-16)30-37-24-19-18-20-25-37;1-10-22(4)30(37(6)33(41)29(35)21(2)3)27(43-7)20-28(39)38-18-14-17-26(38)31(44-8)23(5)32(40)36-25(34(42)45-9)19-24-15-12-11-13-16-24;1-12(2)13(14(19)20)17(6)10-8-9-11-18(7)15(21)22-16(3,4)5/h18-20,24-25,33-36,38-40,42,44-46H,17,21-23,26-32H2,1-16H3,(H,52,59);11-13,15-16,21-23,25-27,29-31H,10,14,17-20,35H2,1-9H3,(H,36,40);12-13H,8-11H2,1-7H3,(H,19,20)/t35-,36+,38-,39-,40-,42+,44-,45-,46+;22-,23+,25-,26-,27+,29-,30-,31+;13-/m000/s1. The third-order valence-corrected chi connectivity index (χ3v) is 25.9. The molecule has 18 atom stereocenters. The Kier molecular flexibility index (Phi) is 54.0. The number of nitrogens with two attached hydrogens (primary N) is 1. The molecule has 2 heterocycles. The van der Waals surface area contributed by atoms with Crippen LogP contribution in [0, 0.1) is 53.3 Å². The van der Waals surface area contributed by atoms with Crippen molar-refractivity contribution < 1.29 is 101 Å². The highest BCUT2D eigenvalue weighted by atomic mass is 16.6. The zero-order valence-corrected chi connectivity index (χ0v) is 87.1. The number of ketones is 1. The number of carboxylic acids is 1. The number of methoxy groups -OCH3 is 6. The Bertz CT molecular complexity index is 3850. The van der Waals surface area contributed by atoms with E-state index in [4.69, 9.17) is 43.6 Å². The van der Waals surface area contributed by atoms with Gasteiger partial charge in [0, 0.05) is 108 Å². The van der Waals surface area contributed by atoms with Crippen molar-refractivity contribution in [3.8, 4) is 0 Å². The Balaban J connectivity index is 0.000000765. The molecule has 0 aliphatic carbocycles. The number of aliphatic carboxylic acids is 1. The number of likely N-dealkylation sites (N-methyl/N-ethyl adjacent to an activating group) is 4. The molecule has 0 aromatic heterocycles. The summed E-state index contributed by atoms with van der Waals surface area (Å²) in [5.74, 6) is -5.32. The van der Waals surface area contributed by atoms with Crippen LogP contribution in [0.1, 0.15) is 233 Å². The molecule has 32 heteroatoms. The number of amides is 8. The summed E-state index contributed by atoms with van der Waals surface area (Å²) < 4.78 is 44.6. The van der Waals surface area contributed by atoms with Crippen LogP contribution in [-0.4, -0.2) is 330 Å². The lowest BCUT2D eigenvalue weighted by atomic mass is 9.83. The first kappa shape index (κ1) is 121.